The van der Waals surface area contributed by atoms with Gasteiger partial charge in [0.2, 0.25) is 13.6 Å². The van der Waals surface area contributed by atoms with Gasteiger partial charge in [-0.2, -0.15) is 0 Å². The van der Waals surface area contributed by atoms with Gasteiger partial charge in [-0.15, -0.1) is 0 Å². The molecule has 1 aromatic carbocycles. The summed E-state index contributed by atoms with van der Waals surface area (Å²) in [5.41, 5.74) is 1.67. The van der Waals surface area contributed by atoms with Crippen LogP contribution >= 0.6 is 7.82 Å². The number of benzene rings is 1. The first-order valence-electron chi connectivity index (χ1n) is 11.0. The smallest absolute Gasteiger partial charge is 0.432 e. The molecule has 0 saturated heterocycles. The van der Waals surface area contributed by atoms with E-state index in [9.17, 15) is 14.2 Å². The normalized spacial score (nSPS) is 11.8. The minimum absolute atomic E-state index is 0.204. The van der Waals surface area contributed by atoms with E-state index in [2.05, 4.69) is 4.98 Å². The third-order valence-corrected chi connectivity index (χ3v) is 5.49. The summed E-state index contributed by atoms with van der Waals surface area (Å²) >= 11 is 0. The van der Waals surface area contributed by atoms with Crippen molar-refractivity contribution in [2.45, 2.75) is 46.3 Å². The number of hydrogen-bond acceptors (Lipinski definition) is 11. The average Bonchev–Trinajstić information content (AvgIpc) is 3.15. The second-order valence-electron chi connectivity index (χ2n) is 8.20. The number of ether oxygens (including phenoxy) is 4. The Morgan fingerprint density at radius 1 is 0.971 bits per heavy atom. The molecule has 0 aliphatic heterocycles. The Labute approximate surface area is 204 Å². The molecule has 196 valence electrons. The highest BCUT2D eigenvalue weighted by molar-refractivity contribution is 7.48. The molecule has 0 bridgehead atoms. The monoisotopic (exact) mass is 516 g/mol. The summed E-state index contributed by atoms with van der Waals surface area (Å²) < 4.78 is 48.5. The van der Waals surface area contributed by atoms with Gasteiger partial charge in [0, 0.05) is 23.6 Å². The van der Waals surface area contributed by atoms with E-state index in [1.54, 1.807) is 39.8 Å². The van der Waals surface area contributed by atoms with Crippen molar-refractivity contribution in [1.29, 1.82) is 0 Å². The summed E-state index contributed by atoms with van der Waals surface area (Å²) in [6.45, 7) is 5.72. The molecule has 1 N–H and O–H groups in total. The Bertz CT molecular complexity index is 989. The van der Waals surface area contributed by atoms with Crippen molar-refractivity contribution in [3.63, 3.8) is 0 Å². The summed E-state index contributed by atoms with van der Waals surface area (Å²) in [6, 6.07) is 5.13. The van der Waals surface area contributed by atoms with E-state index in [0.29, 0.717) is 11.8 Å². The molecule has 0 radical (unpaired) electrons. The lowest BCUT2D eigenvalue weighted by Crippen LogP contribution is -2.17. The van der Waals surface area contributed by atoms with Gasteiger partial charge in [-0.05, 0) is 65.9 Å². The van der Waals surface area contributed by atoms with Gasteiger partial charge in [-0.1, -0.05) is 6.07 Å². The third-order valence-electron chi connectivity index (χ3n) is 4.23. The van der Waals surface area contributed by atoms with Crippen LogP contribution in [0.2, 0.25) is 0 Å². The molecule has 0 unspecified atom stereocenters. The van der Waals surface area contributed by atoms with Crippen molar-refractivity contribution in [2.75, 3.05) is 34.2 Å². The van der Waals surface area contributed by atoms with E-state index >= 15 is 0 Å². The maximum atomic E-state index is 13.4. The predicted octanol–water partition coefficient (Wildman–Crippen LogP) is 4.83. The number of nitrogens with one attached hydrogen (secondary N) is 1. The van der Waals surface area contributed by atoms with Crippen molar-refractivity contribution < 1.29 is 46.7 Å². The zero-order valence-electron chi connectivity index (χ0n) is 20.8. The van der Waals surface area contributed by atoms with Crippen LogP contribution in [0.25, 0.3) is 10.9 Å². The van der Waals surface area contributed by atoms with Crippen LogP contribution in [0, 0.1) is 0 Å². The quantitative estimate of drug-likeness (QED) is 0.223. The van der Waals surface area contributed by atoms with Gasteiger partial charge in [-0.25, -0.2) is 23.2 Å². The summed E-state index contributed by atoms with van der Waals surface area (Å²) in [4.78, 5) is 28.4. The molecule has 0 fully saturated rings. The van der Waals surface area contributed by atoms with Crippen LogP contribution < -0.4 is 4.52 Å². The fourth-order valence-corrected chi connectivity index (χ4v) is 3.71. The summed E-state index contributed by atoms with van der Waals surface area (Å²) in [5.74, 6) is 0.204. The van der Waals surface area contributed by atoms with E-state index in [-0.39, 0.29) is 5.75 Å². The fourth-order valence-electron chi connectivity index (χ4n) is 2.78. The average molecular weight is 516 g/mol. The van der Waals surface area contributed by atoms with Crippen LogP contribution in [0.5, 0.6) is 5.75 Å². The van der Waals surface area contributed by atoms with E-state index in [0.717, 1.165) is 17.6 Å². The number of fused-ring (bicyclic) bond motifs is 1. The molecule has 0 atom stereocenters. The Morgan fingerprint density at radius 2 is 1.54 bits per heavy atom. The first-order valence-corrected chi connectivity index (χ1v) is 12.4. The second-order valence-corrected chi connectivity index (χ2v) is 9.79. The Morgan fingerprint density at radius 3 is 2.06 bits per heavy atom. The van der Waals surface area contributed by atoms with Crippen molar-refractivity contribution in [3.05, 3.63) is 30.0 Å². The fraction of sp³-hybridized carbons (Fsp3) is 0.545. The zero-order valence-corrected chi connectivity index (χ0v) is 21.7. The molecule has 2 rings (SSSR count). The largest absolute Gasteiger partial charge is 0.535 e. The number of likely N-dealkylation sites (N-methyl/N-ethyl adjacent to an activating group) is 1. The van der Waals surface area contributed by atoms with Crippen LogP contribution in [0.1, 0.15) is 33.3 Å². The number of phosphoric acid groups is 1. The van der Waals surface area contributed by atoms with Crippen molar-refractivity contribution in [1.82, 2.24) is 9.88 Å². The minimum Gasteiger partial charge on any atom is -0.432 e. The molecule has 0 saturated carbocycles. The topological polar surface area (TPSA) is 135 Å². The molecule has 35 heavy (non-hydrogen) atoms. The first kappa shape index (κ1) is 28.4. The van der Waals surface area contributed by atoms with Crippen molar-refractivity contribution in [3.8, 4) is 5.75 Å². The molecule has 0 spiro atoms. The Kier molecular flexibility index (Phi) is 10.8. The molecule has 0 aliphatic carbocycles. The van der Waals surface area contributed by atoms with Crippen LogP contribution in [-0.2, 0) is 39.0 Å². The van der Waals surface area contributed by atoms with Crippen LogP contribution in [0.15, 0.2) is 24.4 Å². The number of rotatable bonds is 13. The number of H-pyrrole nitrogens is 1. The molecule has 13 heteroatoms. The van der Waals surface area contributed by atoms with Gasteiger partial charge in [0.1, 0.15) is 5.75 Å². The number of nitrogens with zero attached hydrogens (tertiary/aromatic N) is 1. The summed E-state index contributed by atoms with van der Waals surface area (Å²) in [6.07, 6.45) is -0.371. The highest BCUT2D eigenvalue weighted by Gasteiger charge is 2.32. The van der Waals surface area contributed by atoms with Crippen LogP contribution in [0.4, 0.5) is 9.59 Å². The lowest BCUT2D eigenvalue weighted by Gasteiger charge is -2.19. The second kappa shape index (κ2) is 13.3. The molecular formula is C22H33N2O10P. The van der Waals surface area contributed by atoms with E-state index < -0.39 is 45.9 Å². The lowest BCUT2D eigenvalue weighted by molar-refractivity contribution is -0.0388. The SMILES string of the molecule is CC(C)OC(=O)OCOP(=O)(OCOC(=O)OC(C)C)Oc1cccc2[nH]cc(CCN(C)C)c12. The highest BCUT2D eigenvalue weighted by Crippen LogP contribution is 2.51. The highest BCUT2D eigenvalue weighted by atomic mass is 31.2. The standard InChI is InChI=1S/C22H33N2O10P/c1-15(2)32-21(25)28-13-30-35(27,31-14-29-22(26)33-16(3)4)34-19-9-7-8-18-20(19)17(12-23-18)10-11-24(5)6/h7-9,12,15-16,23H,10-11,13-14H2,1-6H3. The molecular weight excluding hydrogens is 483 g/mol. The van der Waals surface area contributed by atoms with Gasteiger partial charge in [0.15, 0.2) is 0 Å². The van der Waals surface area contributed by atoms with Crippen molar-refractivity contribution >= 4 is 31.0 Å². The molecule has 0 amide bonds. The molecule has 12 nitrogen and oxygen atoms in total. The van der Waals surface area contributed by atoms with E-state index in [1.807, 2.05) is 31.3 Å². The molecule has 1 aromatic heterocycles. The lowest BCUT2D eigenvalue weighted by atomic mass is 10.1. The summed E-state index contributed by atoms with van der Waals surface area (Å²) in [7, 11) is -0.540. The van der Waals surface area contributed by atoms with Gasteiger partial charge >= 0.3 is 20.1 Å². The van der Waals surface area contributed by atoms with Crippen LogP contribution in [-0.4, -0.2) is 68.6 Å². The first-order chi connectivity index (χ1) is 16.5. The molecule has 2 aromatic rings. The number of hydrogen-bond donors (Lipinski definition) is 1. The van der Waals surface area contributed by atoms with Gasteiger partial charge in [0.05, 0.1) is 12.2 Å². The number of carbonyl (C=O) groups is 2. The number of aromatic nitrogens is 1. The minimum atomic E-state index is -4.45. The zero-order chi connectivity index (χ0) is 26.0. The van der Waals surface area contributed by atoms with Crippen molar-refractivity contribution in [2.24, 2.45) is 0 Å². The number of phosphoric ester groups is 1. The Hall–Kier alpha value is -2.79. The predicted molar refractivity (Wildman–Crippen MR) is 126 cm³/mol. The molecule has 1 heterocycles. The summed E-state index contributed by atoms with van der Waals surface area (Å²) in [5, 5.41) is 0.682. The molecule has 0 aliphatic rings. The maximum Gasteiger partial charge on any atom is 0.535 e. The third kappa shape index (κ3) is 9.77. The van der Waals surface area contributed by atoms with Gasteiger partial charge < -0.3 is 33.4 Å². The number of carbonyl (C=O) groups excluding carboxylic acids is 2. The number of aromatic amines is 1. The van der Waals surface area contributed by atoms with Gasteiger partial charge in [-0.3, -0.25) is 0 Å². The van der Waals surface area contributed by atoms with Gasteiger partial charge in [0.25, 0.3) is 0 Å². The van der Waals surface area contributed by atoms with Crippen LogP contribution in [0.3, 0.4) is 0 Å². The van der Waals surface area contributed by atoms with E-state index in [4.69, 9.17) is 32.5 Å². The Balaban J connectivity index is 2.19. The maximum absolute atomic E-state index is 13.4. The van der Waals surface area contributed by atoms with E-state index in [1.165, 1.54) is 0 Å².